The second-order valence-electron chi connectivity index (χ2n) is 7.18. The number of nitrogens with two attached hydrogens (primary N) is 1. The van der Waals surface area contributed by atoms with Crippen LogP contribution in [0.25, 0.3) is 11.8 Å². The predicted molar refractivity (Wildman–Crippen MR) is 103 cm³/mol. The number of hydrogen-bond acceptors (Lipinski definition) is 5. The van der Waals surface area contributed by atoms with Crippen LogP contribution in [0, 0.1) is 5.92 Å². The molecule has 0 saturated carbocycles. The summed E-state index contributed by atoms with van der Waals surface area (Å²) in [6, 6.07) is 5.96. The first-order valence-corrected chi connectivity index (χ1v) is 9.42. The zero-order chi connectivity index (χ0) is 18.1. The Balaban J connectivity index is 1.50. The van der Waals surface area contributed by atoms with Crippen molar-refractivity contribution >= 4 is 23.4 Å². The van der Waals surface area contributed by atoms with E-state index in [4.69, 9.17) is 5.73 Å². The number of benzene rings is 1. The number of fused-ring (bicyclic) bond motifs is 2. The van der Waals surface area contributed by atoms with Crippen molar-refractivity contribution in [1.82, 2.24) is 4.90 Å². The van der Waals surface area contributed by atoms with Crippen molar-refractivity contribution in [2.75, 3.05) is 31.5 Å². The molecule has 1 amide bonds. The first-order valence-electron chi connectivity index (χ1n) is 9.42. The summed E-state index contributed by atoms with van der Waals surface area (Å²) in [4.78, 5) is 14.8. The Hall–Kier alpha value is -2.31. The summed E-state index contributed by atoms with van der Waals surface area (Å²) in [5.74, 6) is 0.638. The molecule has 0 radical (unpaired) electrons. The standard InChI is InChI=1S/C20H25N5O/c1-2-17-16-10-15-14(20(16)24-23-17)4-3-5-18(15)22-19(26)12-25-8-6-13(11-21)7-9-25/h3-5,10,13H,2,6-9,11-12,21H2,1H3,(H,22,26). The maximum Gasteiger partial charge on any atom is 0.238 e. The van der Waals surface area contributed by atoms with Crippen LogP contribution in [0.15, 0.2) is 39.7 Å². The Morgan fingerprint density at radius 3 is 2.85 bits per heavy atom. The van der Waals surface area contributed by atoms with Gasteiger partial charge in [-0.25, -0.2) is 0 Å². The second kappa shape index (κ2) is 7.13. The van der Waals surface area contributed by atoms with Crippen molar-refractivity contribution in [3.63, 3.8) is 0 Å². The van der Waals surface area contributed by atoms with Gasteiger partial charge < -0.3 is 11.1 Å². The highest BCUT2D eigenvalue weighted by molar-refractivity contribution is 5.94. The van der Waals surface area contributed by atoms with E-state index in [2.05, 4.69) is 33.4 Å². The number of amides is 1. The van der Waals surface area contributed by atoms with Gasteiger partial charge in [-0.1, -0.05) is 19.1 Å². The van der Waals surface area contributed by atoms with Crippen molar-refractivity contribution in [2.24, 2.45) is 21.9 Å². The fourth-order valence-electron chi connectivity index (χ4n) is 3.92. The third-order valence-electron chi connectivity index (χ3n) is 5.50. The Bertz CT molecular complexity index is 907. The van der Waals surface area contributed by atoms with Gasteiger partial charge >= 0.3 is 0 Å². The van der Waals surface area contributed by atoms with Gasteiger partial charge in [0, 0.05) is 21.7 Å². The number of nitrogens with zero attached hydrogens (tertiary/aromatic N) is 3. The number of nitrogens with one attached hydrogen (secondary N) is 1. The first-order chi connectivity index (χ1) is 12.7. The highest BCUT2D eigenvalue weighted by atomic mass is 16.2. The van der Waals surface area contributed by atoms with Gasteiger partial charge in [-0.2, -0.15) is 5.11 Å². The molecule has 0 unspecified atom stereocenters. The van der Waals surface area contributed by atoms with E-state index in [0.29, 0.717) is 12.5 Å². The lowest BCUT2D eigenvalue weighted by atomic mass is 9.97. The Morgan fingerprint density at radius 1 is 1.31 bits per heavy atom. The van der Waals surface area contributed by atoms with E-state index in [-0.39, 0.29) is 5.91 Å². The fraction of sp³-hybridized carbons (Fsp3) is 0.450. The lowest BCUT2D eigenvalue weighted by Gasteiger charge is -2.30. The number of azo groups is 1. The van der Waals surface area contributed by atoms with Crippen LogP contribution in [0.2, 0.25) is 0 Å². The summed E-state index contributed by atoms with van der Waals surface area (Å²) in [5.41, 5.74) is 9.62. The van der Waals surface area contributed by atoms with Gasteiger partial charge in [-0.3, -0.25) is 9.69 Å². The number of carbonyl (C=O) groups is 1. The molecule has 3 aliphatic rings. The van der Waals surface area contributed by atoms with Crippen LogP contribution in [0.1, 0.15) is 26.2 Å². The Labute approximate surface area is 153 Å². The molecule has 2 aliphatic heterocycles. The molecule has 3 N–H and O–H groups in total. The minimum absolute atomic E-state index is 0.0337. The zero-order valence-electron chi connectivity index (χ0n) is 15.2. The van der Waals surface area contributed by atoms with Gasteiger partial charge in [0.25, 0.3) is 0 Å². The van der Waals surface area contributed by atoms with Crippen LogP contribution in [-0.4, -0.2) is 37.0 Å². The molecule has 4 rings (SSSR count). The molecule has 1 aromatic carbocycles. The van der Waals surface area contributed by atoms with Crippen molar-refractivity contribution < 1.29 is 4.79 Å². The molecule has 136 valence electrons. The summed E-state index contributed by atoms with van der Waals surface area (Å²) >= 11 is 0. The number of likely N-dealkylation sites (tertiary alicyclic amines) is 1. The van der Waals surface area contributed by atoms with Crippen LogP contribution >= 0.6 is 0 Å². The number of allylic oxidation sites excluding steroid dienone is 1. The van der Waals surface area contributed by atoms with Gasteiger partial charge in [0.2, 0.25) is 5.91 Å². The summed E-state index contributed by atoms with van der Waals surface area (Å²) in [5, 5.41) is 13.8. The predicted octanol–water partition coefficient (Wildman–Crippen LogP) is 1.33. The van der Waals surface area contributed by atoms with Crippen LogP contribution < -0.4 is 21.5 Å². The highest BCUT2D eigenvalue weighted by Crippen LogP contribution is 2.30. The molecule has 26 heavy (non-hydrogen) atoms. The Morgan fingerprint density at radius 2 is 2.12 bits per heavy atom. The molecular formula is C20H25N5O. The summed E-state index contributed by atoms with van der Waals surface area (Å²) in [6.07, 6.45) is 5.12. The normalized spacial score (nSPS) is 19.5. The highest BCUT2D eigenvalue weighted by Gasteiger charge is 2.22. The first kappa shape index (κ1) is 17.1. The molecule has 0 bridgehead atoms. The second-order valence-corrected chi connectivity index (χ2v) is 7.18. The van der Waals surface area contributed by atoms with Gasteiger partial charge in [-0.15, -0.1) is 5.11 Å². The monoisotopic (exact) mass is 351 g/mol. The third-order valence-corrected chi connectivity index (χ3v) is 5.50. The van der Waals surface area contributed by atoms with Crippen LogP contribution in [0.3, 0.4) is 0 Å². The van der Waals surface area contributed by atoms with Crippen molar-refractivity contribution in [1.29, 1.82) is 0 Å². The van der Waals surface area contributed by atoms with Crippen molar-refractivity contribution in [3.8, 4) is 0 Å². The Kier molecular flexibility index (Phi) is 4.70. The molecule has 6 nitrogen and oxygen atoms in total. The number of anilines is 1. The number of rotatable bonds is 5. The average Bonchev–Trinajstić information content (AvgIpc) is 3.22. The molecule has 1 saturated heterocycles. The quantitative estimate of drug-likeness (QED) is 0.839. The molecule has 1 aliphatic carbocycles. The maximum absolute atomic E-state index is 12.5. The van der Waals surface area contributed by atoms with Crippen LogP contribution in [-0.2, 0) is 4.79 Å². The van der Waals surface area contributed by atoms with E-state index in [1.54, 1.807) is 0 Å². The minimum Gasteiger partial charge on any atom is -0.330 e. The summed E-state index contributed by atoms with van der Waals surface area (Å²) in [7, 11) is 0. The van der Waals surface area contributed by atoms with Gasteiger partial charge in [-0.05, 0) is 57.0 Å². The SMILES string of the molecule is CCC1=C2C=c3c(NC(=O)CN4CCC(CN)CC4)cccc3=C2N=N1. The molecule has 0 atom stereocenters. The van der Waals surface area contributed by atoms with Crippen molar-refractivity contribution in [2.45, 2.75) is 26.2 Å². The minimum atomic E-state index is 0.0337. The van der Waals surface area contributed by atoms with Gasteiger partial charge in [0.05, 0.1) is 12.2 Å². The van der Waals surface area contributed by atoms with Gasteiger partial charge in [0.1, 0.15) is 5.70 Å². The lowest BCUT2D eigenvalue weighted by Crippen LogP contribution is -2.41. The molecule has 6 heteroatoms. The summed E-state index contributed by atoms with van der Waals surface area (Å²) < 4.78 is 0. The third kappa shape index (κ3) is 3.10. The van der Waals surface area contributed by atoms with Crippen LogP contribution in [0.5, 0.6) is 0 Å². The van der Waals surface area contributed by atoms with E-state index in [9.17, 15) is 4.79 Å². The molecule has 2 heterocycles. The molecule has 1 fully saturated rings. The smallest absolute Gasteiger partial charge is 0.238 e. The van der Waals surface area contributed by atoms with Crippen molar-refractivity contribution in [3.05, 3.63) is 39.9 Å². The van der Waals surface area contributed by atoms with E-state index in [1.165, 1.54) is 0 Å². The average molecular weight is 351 g/mol. The number of piperidine rings is 1. The molecule has 0 spiro atoms. The molecule has 1 aromatic rings. The number of hydrogen-bond donors (Lipinski definition) is 2. The fourth-order valence-corrected chi connectivity index (χ4v) is 3.92. The lowest BCUT2D eigenvalue weighted by molar-refractivity contribution is -0.117. The van der Waals surface area contributed by atoms with Gasteiger partial charge in [0.15, 0.2) is 0 Å². The van der Waals surface area contributed by atoms with E-state index in [0.717, 1.165) is 72.0 Å². The summed E-state index contributed by atoms with van der Waals surface area (Å²) in [6.45, 7) is 5.15. The molecular weight excluding hydrogens is 326 g/mol. The number of carbonyl (C=O) groups excluding carboxylic acids is 1. The van der Waals surface area contributed by atoms with E-state index >= 15 is 0 Å². The van der Waals surface area contributed by atoms with Crippen LogP contribution in [0.4, 0.5) is 5.69 Å². The van der Waals surface area contributed by atoms with E-state index in [1.807, 2.05) is 18.2 Å². The van der Waals surface area contributed by atoms with E-state index < -0.39 is 0 Å². The largest absolute Gasteiger partial charge is 0.330 e. The molecule has 0 aromatic heterocycles. The maximum atomic E-state index is 12.5. The zero-order valence-corrected chi connectivity index (χ0v) is 15.2. The topological polar surface area (TPSA) is 83.1 Å².